The third-order valence-electron chi connectivity index (χ3n) is 6.45. The quantitative estimate of drug-likeness (QED) is 0.614. The Kier molecular flexibility index (Phi) is 5.75. The van der Waals surface area contributed by atoms with Gasteiger partial charge in [-0.2, -0.15) is 0 Å². The normalized spacial score (nSPS) is 16.4. The second-order valence-electron chi connectivity index (χ2n) is 8.73. The Hall–Kier alpha value is -3.41. The zero-order valence-electron chi connectivity index (χ0n) is 18.1. The molecule has 2 N–H and O–H groups in total. The van der Waals surface area contributed by atoms with Gasteiger partial charge in [0.15, 0.2) is 0 Å². The third kappa shape index (κ3) is 4.31. The van der Waals surface area contributed by atoms with Crippen molar-refractivity contribution < 1.29 is 9.59 Å². The standard InChI is InChI=1S/C26H28N4O2/c31-25(27-20-8-2-3-9-20)18-11-13-21(14-12-18)28-26(32)22-17-19-7-1-4-10-23(19)29-24(22)30-15-5-6-16-30/h1,4,7,10-14,17,20H,2-3,5-6,8-9,15-16H2,(H,27,31)(H,28,32). The number of aromatic nitrogens is 1. The van der Waals surface area contributed by atoms with E-state index in [0.29, 0.717) is 16.8 Å². The van der Waals surface area contributed by atoms with Gasteiger partial charge in [-0.3, -0.25) is 9.59 Å². The van der Waals surface area contributed by atoms with Gasteiger partial charge in [-0.15, -0.1) is 0 Å². The van der Waals surface area contributed by atoms with Gasteiger partial charge in [0.25, 0.3) is 11.8 Å². The number of anilines is 2. The molecule has 2 aromatic carbocycles. The van der Waals surface area contributed by atoms with Crippen molar-refractivity contribution in [1.29, 1.82) is 0 Å². The van der Waals surface area contributed by atoms with E-state index in [0.717, 1.165) is 55.5 Å². The number of carbonyl (C=O) groups excluding carboxylic acids is 2. The van der Waals surface area contributed by atoms with Crippen molar-refractivity contribution in [3.05, 3.63) is 65.7 Å². The highest BCUT2D eigenvalue weighted by Gasteiger charge is 2.22. The summed E-state index contributed by atoms with van der Waals surface area (Å²) in [4.78, 5) is 32.7. The first-order valence-electron chi connectivity index (χ1n) is 11.5. The summed E-state index contributed by atoms with van der Waals surface area (Å²) < 4.78 is 0. The lowest BCUT2D eigenvalue weighted by Crippen LogP contribution is -2.32. The van der Waals surface area contributed by atoms with Gasteiger partial charge in [0, 0.05) is 35.8 Å². The van der Waals surface area contributed by atoms with Crippen LogP contribution in [-0.2, 0) is 0 Å². The molecule has 0 radical (unpaired) electrons. The van der Waals surface area contributed by atoms with Crippen LogP contribution in [-0.4, -0.2) is 35.9 Å². The molecule has 1 saturated carbocycles. The summed E-state index contributed by atoms with van der Waals surface area (Å²) in [7, 11) is 0. The number of pyridine rings is 1. The Bertz CT molecular complexity index is 1130. The second kappa shape index (κ2) is 8.99. The van der Waals surface area contributed by atoms with Crippen LogP contribution in [0, 0.1) is 0 Å². The predicted molar refractivity (Wildman–Crippen MR) is 127 cm³/mol. The molecule has 164 valence electrons. The first-order valence-corrected chi connectivity index (χ1v) is 11.5. The smallest absolute Gasteiger partial charge is 0.259 e. The Morgan fingerprint density at radius 3 is 2.34 bits per heavy atom. The number of carbonyl (C=O) groups is 2. The highest BCUT2D eigenvalue weighted by molar-refractivity contribution is 6.09. The molecular weight excluding hydrogens is 400 g/mol. The highest BCUT2D eigenvalue weighted by Crippen LogP contribution is 2.27. The molecule has 32 heavy (non-hydrogen) atoms. The molecule has 0 unspecified atom stereocenters. The molecule has 2 fully saturated rings. The first kappa shape index (κ1) is 20.5. The third-order valence-corrected chi connectivity index (χ3v) is 6.45. The van der Waals surface area contributed by atoms with Crippen molar-refractivity contribution in [3.8, 4) is 0 Å². The number of fused-ring (bicyclic) bond motifs is 1. The highest BCUT2D eigenvalue weighted by atomic mass is 16.2. The SMILES string of the molecule is O=C(NC1CCCC1)c1ccc(NC(=O)c2cc3ccccc3nc2N2CCCC2)cc1. The van der Waals surface area contributed by atoms with Crippen LogP contribution in [0.5, 0.6) is 0 Å². The number of benzene rings is 2. The fourth-order valence-electron chi connectivity index (χ4n) is 4.69. The van der Waals surface area contributed by atoms with E-state index >= 15 is 0 Å². The Balaban J connectivity index is 1.35. The lowest BCUT2D eigenvalue weighted by atomic mass is 10.1. The van der Waals surface area contributed by atoms with E-state index in [2.05, 4.69) is 15.5 Å². The molecule has 0 atom stereocenters. The number of rotatable bonds is 5. The summed E-state index contributed by atoms with van der Waals surface area (Å²) in [5.74, 6) is 0.504. The fourth-order valence-corrected chi connectivity index (χ4v) is 4.69. The van der Waals surface area contributed by atoms with Gasteiger partial charge < -0.3 is 15.5 Å². The number of amides is 2. The number of nitrogens with zero attached hydrogens (tertiary/aromatic N) is 2. The van der Waals surface area contributed by atoms with Crippen LogP contribution in [0.3, 0.4) is 0 Å². The largest absolute Gasteiger partial charge is 0.356 e. The van der Waals surface area contributed by atoms with Crippen LogP contribution in [0.25, 0.3) is 10.9 Å². The second-order valence-corrected chi connectivity index (χ2v) is 8.73. The average Bonchev–Trinajstić information content (AvgIpc) is 3.53. The minimum absolute atomic E-state index is 0.0511. The van der Waals surface area contributed by atoms with Crippen LogP contribution in [0.15, 0.2) is 54.6 Å². The molecule has 2 aliphatic rings. The molecular formula is C26H28N4O2. The fraction of sp³-hybridized carbons (Fsp3) is 0.346. The lowest BCUT2D eigenvalue weighted by molar-refractivity contribution is 0.0937. The topological polar surface area (TPSA) is 74.3 Å². The molecule has 1 aromatic heterocycles. The van der Waals surface area contributed by atoms with Crippen LogP contribution >= 0.6 is 0 Å². The maximum absolute atomic E-state index is 13.2. The van der Waals surface area contributed by atoms with Crippen molar-refractivity contribution in [2.24, 2.45) is 0 Å². The summed E-state index contributed by atoms with van der Waals surface area (Å²) in [6.07, 6.45) is 6.69. The van der Waals surface area contributed by atoms with E-state index in [4.69, 9.17) is 4.98 Å². The van der Waals surface area contributed by atoms with Gasteiger partial charge >= 0.3 is 0 Å². The van der Waals surface area contributed by atoms with E-state index in [1.54, 1.807) is 24.3 Å². The summed E-state index contributed by atoms with van der Waals surface area (Å²) in [6, 6.07) is 17.2. The maximum atomic E-state index is 13.2. The van der Waals surface area contributed by atoms with Crippen LogP contribution in [0.1, 0.15) is 59.2 Å². The molecule has 1 saturated heterocycles. The molecule has 0 spiro atoms. The van der Waals surface area contributed by atoms with Gasteiger partial charge in [-0.1, -0.05) is 31.0 Å². The van der Waals surface area contributed by atoms with Crippen molar-refractivity contribution >= 4 is 34.2 Å². The number of para-hydroxylation sites is 1. The van der Waals surface area contributed by atoms with Crippen molar-refractivity contribution in [2.75, 3.05) is 23.3 Å². The Morgan fingerprint density at radius 1 is 0.875 bits per heavy atom. The predicted octanol–water partition coefficient (Wildman–Crippen LogP) is 4.76. The van der Waals surface area contributed by atoms with Crippen LogP contribution in [0.2, 0.25) is 0 Å². The van der Waals surface area contributed by atoms with Gasteiger partial charge in [-0.05, 0) is 62.1 Å². The van der Waals surface area contributed by atoms with Crippen molar-refractivity contribution in [1.82, 2.24) is 10.3 Å². The molecule has 2 amide bonds. The lowest BCUT2D eigenvalue weighted by Gasteiger charge is -2.20. The minimum atomic E-state index is -0.187. The zero-order valence-corrected chi connectivity index (χ0v) is 18.1. The minimum Gasteiger partial charge on any atom is -0.356 e. The van der Waals surface area contributed by atoms with E-state index in [9.17, 15) is 9.59 Å². The number of nitrogens with one attached hydrogen (secondary N) is 2. The summed E-state index contributed by atoms with van der Waals surface area (Å²) >= 11 is 0. The maximum Gasteiger partial charge on any atom is 0.259 e. The van der Waals surface area contributed by atoms with E-state index < -0.39 is 0 Å². The van der Waals surface area contributed by atoms with Gasteiger partial charge in [0.2, 0.25) is 0 Å². The molecule has 1 aliphatic heterocycles. The van der Waals surface area contributed by atoms with Gasteiger partial charge in [-0.25, -0.2) is 4.98 Å². The number of hydrogen-bond donors (Lipinski definition) is 2. The summed E-state index contributed by atoms with van der Waals surface area (Å²) in [6.45, 7) is 1.83. The van der Waals surface area contributed by atoms with Gasteiger partial charge in [0.05, 0.1) is 11.1 Å². The summed E-state index contributed by atoms with van der Waals surface area (Å²) in [5, 5.41) is 7.03. The molecule has 0 bridgehead atoms. The molecule has 1 aliphatic carbocycles. The number of hydrogen-bond acceptors (Lipinski definition) is 4. The molecule has 5 rings (SSSR count). The van der Waals surface area contributed by atoms with Gasteiger partial charge in [0.1, 0.15) is 5.82 Å². The molecule has 3 aromatic rings. The van der Waals surface area contributed by atoms with Crippen molar-refractivity contribution in [3.63, 3.8) is 0 Å². The van der Waals surface area contributed by atoms with E-state index in [-0.39, 0.29) is 17.9 Å². The van der Waals surface area contributed by atoms with E-state index in [1.165, 1.54) is 12.8 Å². The molecule has 2 heterocycles. The Morgan fingerprint density at radius 2 is 1.59 bits per heavy atom. The average molecular weight is 429 g/mol. The zero-order chi connectivity index (χ0) is 21.9. The van der Waals surface area contributed by atoms with Crippen LogP contribution < -0.4 is 15.5 Å². The molecule has 6 heteroatoms. The monoisotopic (exact) mass is 428 g/mol. The Labute approximate surface area is 188 Å². The van der Waals surface area contributed by atoms with Crippen LogP contribution in [0.4, 0.5) is 11.5 Å². The molecule has 6 nitrogen and oxygen atoms in total. The van der Waals surface area contributed by atoms with E-state index in [1.807, 2.05) is 30.3 Å². The van der Waals surface area contributed by atoms with Crippen molar-refractivity contribution in [2.45, 2.75) is 44.6 Å². The summed E-state index contributed by atoms with van der Waals surface area (Å²) in [5.41, 5.74) is 2.74. The first-order chi connectivity index (χ1) is 15.7.